The van der Waals surface area contributed by atoms with E-state index in [2.05, 4.69) is 15.4 Å². The molecular formula is C17H14Cl2N4O. The van der Waals surface area contributed by atoms with Crippen LogP contribution in [0.15, 0.2) is 30.6 Å². The first-order valence-electron chi connectivity index (χ1n) is 7.64. The first kappa shape index (κ1) is 15.4. The summed E-state index contributed by atoms with van der Waals surface area (Å²) in [5, 5.41) is 8.01. The largest absolute Gasteiger partial charge is 0.319 e. The first-order valence-corrected chi connectivity index (χ1v) is 8.40. The van der Waals surface area contributed by atoms with E-state index in [1.807, 2.05) is 23.6 Å². The lowest BCUT2D eigenvalue weighted by Gasteiger charge is -2.10. The third-order valence-corrected chi connectivity index (χ3v) is 4.73. The quantitative estimate of drug-likeness (QED) is 0.749. The van der Waals surface area contributed by atoms with Gasteiger partial charge in [-0.2, -0.15) is 5.10 Å². The van der Waals surface area contributed by atoms with Crippen molar-refractivity contribution in [2.45, 2.75) is 25.7 Å². The van der Waals surface area contributed by atoms with Crippen molar-refractivity contribution in [1.82, 2.24) is 14.6 Å². The van der Waals surface area contributed by atoms with E-state index in [9.17, 15) is 4.79 Å². The summed E-state index contributed by atoms with van der Waals surface area (Å²) in [5.74, 6) is 0.238. The molecule has 1 saturated carbocycles. The van der Waals surface area contributed by atoms with Crippen molar-refractivity contribution in [3.63, 3.8) is 0 Å². The van der Waals surface area contributed by atoms with Crippen LogP contribution in [0.3, 0.4) is 0 Å². The molecule has 3 heterocycles. The molecule has 0 aromatic carbocycles. The van der Waals surface area contributed by atoms with Gasteiger partial charge in [-0.1, -0.05) is 23.2 Å². The van der Waals surface area contributed by atoms with Crippen LogP contribution in [0.1, 0.15) is 40.5 Å². The molecule has 4 rings (SSSR count). The summed E-state index contributed by atoms with van der Waals surface area (Å²) in [4.78, 5) is 16.6. The summed E-state index contributed by atoms with van der Waals surface area (Å²) in [6.07, 6.45) is 5.20. The summed E-state index contributed by atoms with van der Waals surface area (Å²) in [7, 11) is 0. The number of nitrogens with zero attached hydrogens (tertiary/aromatic N) is 3. The number of fused-ring (bicyclic) bond motifs is 1. The Morgan fingerprint density at radius 3 is 2.62 bits per heavy atom. The molecule has 0 spiro atoms. The Bertz CT molecular complexity index is 942. The summed E-state index contributed by atoms with van der Waals surface area (Å²) >= 11 is 12.2. The maximum atomic E-state index is 12.7. The minimum atomic E-state index is -0.280. The molecule has 5 nitrogen and oxygen atoms in total. The van der Waals surface area contributed by atoms with Crippen LogP contribution in [0.2, 0.25) is 10.0 Å². The molecule has 1 amide bonds. The lowest BCUT2D eigenvalue weighted by Crippen LogP contribution is -2.14. The second kappa shape index (κ2) is 5.76. The molecule has 7 heteroatoms. The van der Waals surface area contributed by atoms with Crippen LogP contribution in [0.25, 0.3) is 5.52 Å². The molecule has 0 atom stereocenters. The van der Waals surface area contributed by atoms with Crippen molar-refractivity contribution in [2.24, 2.45) is 0 Å². The Hall–Kier alpha value is -2.11. The predicted octanol–water partition coefficient (Wildman–Crippen LogP) is 4.47. The molecule has 3 aromatic rings. The third kappa shape index (κ3) is 2.64. The van der Waals surface area contributed by atoms with E-state index in [-0.39, 0.29) is 5.91 Å². The van der Waals surface area contributed by atoms with Crippen LogP contribution in [0.4, 0.5) is 5.69 Å². The second-order valence-electron chi connectivity index (χ2n) is 5.96. The van der Waals surface area contributed by atoms with E-state index >= 15 is 0 Å². The van der Waals surface area contributed by atoms with Gasteiger partial charge in [0.15, 0.2) is 0 Å². The fourth-order valence-electron chi connectivity index (χ4n) is 2.70. The van der Waals surface area contributed by atoms with Crippen molar-refractivity contribution in [3.8, 4) is 0 Å². The number of amides is 1. The molecule has 1 fully saturated rings. The molecule has 0 radical (unpaired) electrons. The fourth-order valence-corrected chi connectivity index (χ4v) is 3.16. The zero-order valence-corrected chi connectivity index (χ0v) is 14.4. The van der Waals surface area contributed by atoms with Crippen LogP contribution in [0.5, 0.6) is 0 Å². The number of hydrogen-bond donors (Lipinski definition) is 1. The number of pyridine rings is 2. The highest BCUT2D eigenvalue weighted by Gasteiger charge is 2.27. The number of aromatic nitrogens is 3. The monoisotopic (exact) mass is 360 g/mol. The zero-order chi connectivity index (χ0) is 16.8. The summed E-state index contributed by atoms with van der Waals surface area (Å²) in [5.41, 5.74) is 3.70. The van der Waals surface area contributed by atoms with Gasteiger partial charge < -0.3 is 5.32 Å². The van der Waals surface area contributed by atoms with Gasteiger partial charge in [-0.15, -0.1) is 0 Å². The van der Waals surface area contributed by atoms with Gasteiger partial charge in [0.1, 0.15) is 0 Å². The number of nitrogens with one attached hydrogen (secondary N) is 1. The molecule has 0 saturated heterocycles. The molecule has 3 aromatic heterocycles. The molecule has 0 unspecified atom stereocenters. The fraction of sp³-hybridized carbons (Fsp3) is 0.235. The smallest absolute Gasteiger partial charge is 0.257 e. The minimum Gasteiger partial charge on any atom is -0.319 e. The Kier molecular flexibility index (Phi) is 3.70. The lowest BCUT2D eigenvalue weighted by molar-refractivity contribution is 0.102. The van der Waals surface area contributed by atoms with Crippen LogP contribution in [-0.2, 0) is 0 Å². The van der Waals surface area contributed by atoms with E-state index in [4.69, 9.17) is 23.2 Å². The molecule has 122 valence electrons. The standard InChI is InChI=1S/C17H14Cl2N4O/c1-9-2-5-11(15-6-14(10-3-4-10)22-23(9)15)17(24)21-16-12(18)7-20-8-13(16)19/h2,5-8,10H,3-4H2,1H3,(H,20,21,24). The van der Waals surface area contributed by atoms with Crippen LogP contribution < -0.4 is 5.32 Å². The lowest BCUT2D eigenvalue weighted by atomic mass is 10.1. The van der Waals surface area contributed by atoms with Crippen molar-refractivity contribution in [2.75, 3.05) is 5.32 Å². The molecule has 0 aliphatic heterocycles. The molecule has 24 heavy (non-hydrogen) atoms. The van der Waals surface area contributed by atoms with Crippen molar-refractivity contribution in [3.05, 3.63) is 57.6 Å². The average Bonchev–Trinajstić information content (AvgIpc) is 3.30. The summed E-state index contributed by atoms with van der Waals surface area (Å²) in [6.45, 7) is 1.97. The number of hydrogen-bond acceptors (Lipinski definition) is 3. The maximum absolute atomic E-state index is 12.7. The third-order valence-electron chi connectivity index (χ3n) is 4.16. The zero-order valence-electron chi connectivity index (χ0n) is 12.9. The Labute approximate surface area is 148 Å². The van der Waals surface area contributed by atoms with E-state index < -0.39 is 0 Å². The van der Waals surface area contributed by atoms with Crippen molar-refractivity contribution in [1.29, 1.82) is 0 Å². The first-order chi connectivity index (χ1) is 11.5. The van der Waals surface area contributed by atoms with Gasteiger partial charge in [0.05, 0.1) is 32.5 Å². The second-order valence-corrected chi connectivity index (χ2v) is 6.78. The number of carbonyl (C=O) groups is 1. The predicted molar refractivity (Wildman–Crippen MR) is 94.1 cm³/mol. The molecule has 0 bridgehead atoms. The SMILES string of the molecule is Cc1ccc(C(=O)Nc2c(Cl)cncc2Cl)c2cc(C3CC3)nn12. The van der Waals surface area contributed by atoms with Gasteiger partial charge in [-0.05, 0) is 38.0 Å². The van der Waals surface area contributed by atoms with Crippen LogP contribution in [-0.4, -0.2) is 20.5 Å². The van der Waals surface area contributed by atoms with Gasteiger partial charge in [-0.3, -0.25) is 9.78 Å². The van der Waals surface area contributed by atoms with E-state index in [1.54, 1.807) is 6.07 Å². The Balaban J connectivity index is 1.75. The number of anilines is 1. The highest BCUT2D eigenvalue weighted by atomic mass is 35.5. The maximum Gasteiger partial charge on any atom is 0.257 e. The number of aryl methyl sites for hydroxylation is 1. The number of rotatable bonds is 3. The van der Waals surface area contributed by atoms with Gasteiger partial charge in [0, 0.05) is 24.0 Å². The molecule has 1 aliphatic rings. The molecular weight excluding hydrogens is 347 g/mol. The average molecular weight is 361 g/mol. The highest BCUT2D eigenvalue weighted by Crippen LogP contribution is 2.40. The van der Waals surface area contributed by atoms with E-state index in [1.165, 1.54) is 12.4 Å². The Morgan fingerprint density at radius 2 is 1.96 bits per heavy atom. The van der Waals surface area contributed by atoms with E-state index in [0.717, 1.165) is 29.7 Å². The summed E-state index contributed by atoms with van der Waals surface area (Å²) in [6, 6.07) is 5.66. The van der Waals surface area contributed by atoms with Crippen LogP contribution >= 0.6 is 23.2 Å². The van der Waals surface area contributed by atoms with Crippen LogP contribution in [0, 0.1) is 6.92 Å². The van der Waals surface area contributed by atoms with Crippen molar-refractivity contribution >= 4 is 40.3 Å². The summed E-state index contributed by atoms with van der Waals surface area (Å²) < 4.78 is 1.82. The van der Waals surface area contributed by atoms with Gasteiger partial charge >= 0.3 is 0 Å². The topological polar surface area (TPSA) is 59.3 Å². The van der Waals surface area contributed by atoms with Gasteiger partial charge in [-0.25, -0.2) is 4.52 Å². The Morgan fingerprint density at radius 1 is 1.25 bits per heavy atom. The van der Waals surface area contributed by atoms with Gasteiger partial charge in [0.2, 0.25) is 0 Å². The minimum absolute atomic E-state index is 0.280. The van der Waals surface area contributed by atoms with Crippen molar-refractivity contribution < 1.29 is 4.79 Å². The number of halogens is 2. The molecule has 1 N–H and O–H groups in total. The highest BCUT2D eigenvalue weighted by molar-refractivity contribution is 6.39. The molecule has 1 aliphatic carbocycles. The number of carbonyl (C=O) groups excluding carboxylic acids is 1. The van der Waals surface area contributed by atoms with Gasteiger partial charge in [0.25, 0.3) is 5.91 Å². The normalized spacial score (nSPS) is 14.1. The van der Waals surface area contributed by atoms with E-state index in [0.29, 0.717) is 27.2 Å².